The third-order valence-corrected chi connectivity index (χ3v) is 6.98. The standard InChI is InChI=1S/C30H35N7/c1-5-22(4)37-17-9-10-23-11-12-24(18-27(23)37)33-29-26(21(2)3)20-32-30(35-29)34-25-13-14-28(31-19-25)36-15-7-6-8-16-36/h5,11-14,18-20H,1-2,4,6-10,15-17H2,3H3,(H2,32,33,34,35). The molecule has 1 aromatic carbocycles. The number of piperidine rings is 1. The molecule has 2 aromatic heterocycles. The van der Waals surface area contributed by atoms with Crippen molar-refractivity contribution in [3.63, 3.8) is 0 Å². The zero-order valence-electron chi connectivity index (χ0n) is 21.6. The highest BCUT2D eigenvalue weighted by Gasteiger charge is 2.19. The highest BCUT2D eigenvalue weighted by molar-refractivity contribution is 5.77. The number of fused-ring (bicyclic) bond motifs is 1. The molecule has 7 heteroatoms. The summed E-state index contributed by atoms with van der Waals surface area (Å²) >= 11 is 0. The van der Waals surface area contributed by atoms with Crippen molar-refractivity contribution in [3.8, 4) is 0 Å². The van der Waals surface area contributed by atoms with Gasteiger partial charge < -0.3 is 20.4 Å². The van der Waals surface area contributed by atoms with E-state index in [1.807, 2.05) is 25.3 Å². The predicted octanol–water partition coefficient (Wildman–Crippen LogP) is 6.83. The molecule has 0 radical (unpaired) electrons. The van der Waals surface area contributed by atoms with E-state index >= 15 is 0 Å². The van der Waals surface area contributed by atoms with Crippen molar-refractivity contribution in [2.24, 2.45) is 0 Å². The Bertz CT molecular complexity index is 1310. The second-order valence-electron chi connectivity index (χ2n) is 9.73. The van der Waals surface area contributed by atoms with E-state index in [2.05, 4.69) is 74.4 Å². The second kappa shape index (κ2) is 10.9. The normalized spacial score (nSPS) is 15.1. The molecular formula is C30H35N7. The predicted molar refractivity (Wildman–Crippen MR) is 155 cm³/mol. The van der Waals surface area contributed by atoms with Crippen LogP contribution in [0, 0.1) is 0 Å². The number of rotatable bonds is 8. The average molecular weight is 494 g/mol. The lowest BCUT2D eigenvalue weighted by atomic mass is 10.0. The molecular weight excluding hydrogens is 458 g/mol. The van der Waals surface area contributed by atoms with Gasteiger partial charge >= 0.3 is 0 Å². The van der Waals surface area contributed by atoms with Crippen LogP contribution in [0.3, 0.4) is 0 Å². The first-order chi connectivity index (χ1) is 18.0. The zero-order chi connectivity index (χ0) is 25.8. The van der Waals surface area contributed by atoms with Gasteiger partial charge in [0.05, 0.1) is 11.9 Å². The lowest BCUT2D eigenvalue weighted by Gasteiger charge is -2.32. The van der Waals surface area contributed by atoms with Crippen LogP contribution in [-0.2, 0) is 6.42 Å². The number of nitrogens with zero attached hydrogens (tertiary/aromatic N) is 5. The number of pyridine rings is 1. The molecule has 190 valence electrons. The number of aromatic nitrogens is 3. The largest absolute Gasteiger partial charge is 0.357 e. The van der Waals surface area contributed by atoms with Gasteiger partial charge in [-0.2, -0.15) is 4.98 Å². The van der Waals surface area contributed by atoms with Crippen LogP contribution in [0.1, 0.15) is 43.7 Å². The highest BCUT2D eigenvalue weighted by atomic mass is 15.2. The Hall–Kier alpha value is -4.13. The van der Waals surface area contributed by atoms with Gasteiger partial charge in [0.2, 0.25) is 5.95 Å². The Labute approximate surface area is 219 Å². The van der Waals surface area contributed by atoms with Crippen molar-refractivity contribution in [2.45, 2.75) is 39.0 Å². The number of aryl methyl sites for hydroxylation is 1. The fraction of sp³-hybridized carbons (Fsp3) is 0.300. The Kier molecular flexibility index (Phi) is 7.21. The Morgan fingerprint density at radius 1 is 0.919 bits per heavy atom. The van der Waals surface area contributed by atoms with Gasteiger partial charge in [-0.15, -0.1) is 0 Å². The third-order valence-electron chi connectivity index (χ3n) is 6.98. The summed E-state index contributed by atoms with van der Waals surface area (Å²) in [4.78, 5) is 18.6. The van der Waals surface area contributed by atoms with E-state index in [0.717, 1.165) is 72.2 Å². The molecule has 2 N–H and O–H groups in total. The first kappa shape index (κ1) is 24.6. The van der Waals surface area contributed by atoms with E-state index in [1.165, 1.54) is 24.8 Å². The zero-order valence-corrected chi connectivity index (χ0v) is 21.6. The summed E-state index contributed by atoms with van der Waals surface area (Å²) in [6, 6.07) is 10.5. The first-order valence-electron chi connectivity index (χ1n) is 13.0. The second-order valence-corrected chi connectivity index (χ2v) is 9.73. The Balaban J connectivity index is 1.37. The Morgan fingerprint density at radius 2 is 1.73 bits per heavy atom. The summed E-state index contributed by atoms with van der Waals surface area (Å²) in [6.07, 6.45) is 11.4. The quantitative estimate of drug-likeness (QED) is 0.333. The molecule has 0 amide bonds. The number of allylic oxidation sites excluding steroid dienone is 2. The van der Waals surface area contributed by atoms with Crippen molar-refractivity contribution < 1.29 is 0 Å². The molecule has 3 aromatic rings. The topological polar surface area (TPSA) is 69.2 Å². The minimum absolute atomic E-state index is 0.500. The third kappa shape index (κ3) is 5.50. The van der Waals surface area contributed by atoms with Crippen molar-refractivity contribution in [1.29, 1.82) is 0 Å². The highest BCUT2D eigenvalue weighted by Crippen LogP contribution is 2.34. The minimum Gasteiger partial charge on any atom is -0.357 e. The van der Waals surface area contributed by atoms with Crippen LogP contribution >= 0.6 is 0 Å². The van der Waals surface area contributed by atoms with Crippen LogP contribution in [-0.4, -0.2) is 34.6 Å². The SMILES string of the molecule is C=CC(=C)N1CCCc2ccc(Nc3nc(Nc4ccc(N5CCCCC5)nc4)ncc3C(=C)C)cc21. The molecule has 0 aliphatic carbocycles. The average Bonchev–Trinajstić information content (AvgIpc) is 2.93. The van der Waals surface area contributed by atoms with E-state index in [9.17, 15) is 0 Å². The summed E-state index contributed by atoms with van der Waals surface area (Å²) in [7, 11) is 0. The van der Waals surface area contributed by atoms with Crippen molar-refractivity contribution >= 4 is 40.2 Å². The lowest BCUT2D eigenvalue weighted by molar-refractivity contribution is 0.573. The van der Waals surface area contributed by atoms with E-state index in [4.69, 9.17) is 4.98 Å². The molecule has 2 aliphatic rings. The van der Waals surface area contributed by atoms with Gasteiger partial charge in [0.25, 0.3) is 0 Å². The fourth-order valence-electron chi connectivity index (χ4n) is 4.95. The molecule has 1 fully saturated rings. The summed E-state index contributed by atoms with van der Waals surface area (Å²) < 4.78 is 0. The molecule has 0 atom stereocenters. The van der Waals surface area contributed by atoms with Gasteiger partial charge in [0, 0.05) is 48.5 Å². The van der Waals surface area contributed by atoms with Crippen LogP contribution < -0.4 is 20.4 Å². The lowest BCUT2D eigenvalue weighted by Crippen LogP contribution is -2.29. The molecule has 0 unspecified atom stereocenters. The maximum Gasteiger partial charge on any atom is 0.229 e. The molecule has 0 saturated carbocycles. The number of hydrogen-bond acceptors (Lipinski definition) is 7. The number of anilines is 6. The number of hydrogen-bond donors (Lipinski definition) is 2. The minimum atomic E-state index is 0.500. The van der Waals surface area contributed by atoms with Crippen molar-refractivity contribution in [1.82, 2.24) is 15.0 Å². The summed E-state index contributed by atoms with van der Waals surface area (Å²) in [5.41, 5.74) is 6.93. The molecule has 2 aliphatic heterocycles. The molecule has 4 heterocycles. The molecule has 0 spiro atoms. The van der Waals surface area contributed by atoms with Crippen molar-refractivity contribution in [2.75, 3.05) is 40.1 Å². The van der Waals surface area contributed by atoms with E-state index in [1.54, 1.807) is 6.20 Å². The van der Waals surface area contributed by atoms with Crippen LogP contribution in [0.5, 0.6) is 0 Å². The number of nitrogens with one attached hydrogen (secondary N) is 2. The van der Waals surface area contributed by atoms with Crippen LogP contribution in [0.15, 0.2) is 74.2 Å². The molecule has 37 heavy (non-hydrogen) atoms. The van der Waals surface area contributed by atoms with Crippen LogP contribution in [0.4, 0.5) is 34.6 Å². The summed E-state index contributed by atoms with van der Waals surface area (Å²) in [5.74, 6) is 2.22. The van der Waals surface area contributed by atoms with E-state index in [-0.39, 0.29) is 0 Å². The molecule has 1 saturated heterocycles. The molecule has 0 bridgehead atoms. The van der Waals surface area contributed by atoms with Gasteiger partial charge in [-0.05, 0) is 80.5 Å². The van der Waals surface area contributed by atoms with Gasteiger partial charge in [-0.25, -0.2) is 9.97 Å². The van der Waals surface area contributed by atoms with Gasteiger partial charge in [-0.1, -0.05) is 25.8 Å². The smallest absolute Gasteiger partial charge is 0.229 e. The van der Waals surface area contributed by atoms with E-state index in [0.29, 0.717) is 11.8 Å². The van der Waals surface area contributed by atoms with Crippen LogP contribution in [0.2, 0.25) is 0 Å². The maximum atomic E-state index is 4.80. The first-order valence-corrected chi connectivity index (χ1v) is 13.0. The van der Waals surface area contributed by atoms with Gasteiger partial charge in [-0.3, -0.25) is 0 Å². The van der Waals surface area contributed by atoms with Gasteiger partial charge in [0.15, 0.2) is 0 Å². The van der Waals surface area contributed by atoms with E-state index < -0.39 is 0 Å². The number of benzene rings is 1. The Morgan fingerprint density at radius 3 is 2.46 bits per heavy atom. The molecule has 5 rings (SSSR count). The fourth-order valence-corrected chi connectivity index (χ4v) is 4.95. The van der Waals surface area contributed by atoms with Gasteiger partial charge in [0.1, 0.15) is 11.6 Å². The monoisotopic (exact) mass is 493 g/mol. The maximum absolute atomic E-state index is 4.80. The van der Waals surface area contributed by atoms with Crippen LogP contribution in [0.25, 0.3) is 5.57 Å². The van der Waals surface area contributed by atoms with Crippen molar-refractivity contribution in [3.05, 3.63) is 85.4 Å². The molecule has 7 nitrogen and oxygen atoms in total. The summed E-state index contributed by atoms with van der Waals surface area (Å²) in [5, 5.41) is 6.81. The summed E-state index contributed by atoms with van der Waals surface area (Å²) in [6.45, 7) is 17.2.